The van der Waals surface area contributed by atoms with E-state index in [0.29, 0.717) is 29.3 Å². The zero-order chi connectivity index (χ0) is 28.8. The van der Waals surface area contributed by atoms with Crippen molar-refractivity contribution >= 4 is 28.9 Å². The molecule has 0 N–H and O–H groups in total. The summed E-state index contributed by atoms with van der Waals surface area (Å²) in [5.41, 5.74) is 0.162. The van der Waals surface area contributed by atoms with Crippen LogP contribution in [0.25, 0.3) is 11.0 Å². The lowest BCUT2D eigenvalue weighted by molar-refractivity contribution is -0.239. The number of nitrogens with zero attached hydrogens (tertiary/aromatic N) is 5. The molecule has 38 heavy (non-hydrogen) atoms. The third-order valence-corrected chi connectivity index (χ3v) is 7.02. The van der Waals surface area contributed by atoms with Crippen LogP contribution in [0.2, 0.25) is 0 Å². The predicted molar refractivity (Wildman–Crippen MR) is 149 cm³/mol. The number of methoxy groups -OCH3 is 1. The zero-order valence-corrected chi connectivity index (χ0v) is 25.5. The van der Waals surface area contributed by atoms with Gasteiger partial charge in [0.15, 0.2) is 5.16 Å². The first-order valence-corrected chi connectivity index (χ1v) is 13.7. The summed E-state index contributed by atoms with van der Waals surface area (Å²) in [6, 6.07) is 1.86. The highest BCUT2D eigenvalue weighted by Gasteiger charge is 2.27. The van der Waals surface area contributed by atoms with Gasteiger partial charge in [-0.25, -0.2) is 4.79 Å². The first kappa shape index (κ1) is 32.1. The third-order valence-electron chi connectivity index (χ3n) is 6.21. The molecule has 0 fully saturated rings. The maximum atomic E-state index is 13.2. The summed E-state index contributed by atoms with van der Waals surface area (Å²) < 4.78 is 26.4. The van der Waals surface area contributed by atoms with Gasteiger partial charge >= 0.3 is 6.09 Å². The van der Waals surface area contributed by atoms with Crippen molar-refractivity contribution in [3.05, 3.63) is 22.6 Å². The summed E-state index contributed by atoms with van der Waals surface area (Å²) in [7, 11) is 5.19. The fourth-order valence-electron chi connectivity index (χ4n) is 3.33. The number of ether oxygens (including phenoxy) is 4. The minimum atomic E-state index is -0.599. The summed E-state index contributed by atoms with van der Waals surface area (Å²) >= 11 is 1.19. The van der Waals surface area contributed by atoms with Gasteiger partial charge in [0.05, 0.1) is 18.2 Å². The van der Waals surface area contributed by atoms with E-state index < -0.39 is 18.1 Å². The molecule has 0 saturated carbocycles. The standard InChI is InChI=1S/C26H45N5O6S/c1-18(2)35-15-14-31-19-12-13-30(16-36-24(34-11)29(10)26(6,7)8)20(19)21(32)27-22(31)38-17-37-23(33)28(9)25(3,4)5/h12-13,18,24H,14-17H2,1-11H3. The van der Waals surface area contributed by atoms with Crippen LogP contribution < -0.4 is 5.56 Å². The van der Waals surface area contributed by atoms with E-state index in [1.54, 1.807) is 24.9 Å². The number of hydrogen-bond donors (Lipinski definition) is 0. The van der Waals surface area contributed by atoms with Gasteiger partial charge < -0.3 is 33.0 Å². The van der Waals surface area contributed by atoms with Gasteiger partial charge in [0.2, 0.25) is 6.41 Å². The molecule has 0 aromatic carbocycles. The maximum absolute atomic E-state index is 13.2. The van der Waals surface area contributed by atoms with E-state index in [4.69, 9.17) is 18.9 Å². The van der Waals surface area contributed by atoms with Crippen molar-refractivity contribution in [3.63, 3.8) is 0 Å². The molecule has 0 spiro atoms. The molecule has 2 rings (SSSR count). The SMILES string of the molecule is COC(OCn1ccc2c1c(=O)nc(SCOC(=O)N(C)C(C)(C)C)n2CCOC(C)C)N(C)C(C)(C)C. The molecular weight excluding hydrogens is 510 g/mol. The molecule has 11 nitrogen and oxygen atoms in total. The number of thioether (sulfide) groups is 1. The summed E-state index contributed by atoms with van der Waals surface area (Å²) in [5.74, 6) is 0.0146. The Morgan fingerprint density at radius 2 is 1.76 bits per heavy atom. The molecule has 0 aliphatic carbocycles. The van der Waals surface area contributed by atoms with Crippen LogP contribution in [-0.2, 0) is 32.2 Å². The maximum Gasteiger partial charge on any atom is 0.410 e. The van der Waals surface area contributed by atoms with Crippen LogP contribution in [0.1, 0.15) is 55.4 Å². The lowest BCUT2D eigenvalue weighted by atomic mass is 10.1. The second kappa shape index (κ2) is 13.3. The van der Waals surface area contributed by atoms with Crippen LogP contribution in [0.15, 0.2) is 22.2 Å². The van der Waals surface area contributed by atoms with E-state index in [9.17, 15) is 9.59 Å². The molecule has 0 radical (unpaired) electrons. The van der Waals surface area contributed by atoms with E-state index in [2.05, 4.69) is 25.8 Å². The number of carbonyl (C=O) groups is 1. The van der Waals surface area contributed by atoms with Crippen molar-refractivity contribution in [3.8, 4) is 0 Å². The fourth-order valence-corrected chi connectivity index (χ4v) is 4.09. The van der Waals surface area contributed by atoms with Crippen LogP contribution in [0.3, 0.4) is 0 Å². The summed E-state index contributed by atoms with van der Waals surface area (Å²) in [5, 5.41) is 0.446. The average molecular weight is 556 g/mol. The van der Waals surface area contributed by atoms with Gasteiger partial charge in [0.1, 0.15) is 18.2 Å². The third kappa shape index (κ3) is 8.44. The molecular formula is C26H45N5O6S. The molecule has 0 aliphatic heterocycles. The van der Waals surface area contributed by atoms with Crippen LogP contribution >= 0.6 is 11.8 Å². The smallest absolute Gasteiger partial charge is 0.410 e. The fraction of sp³-hybridized carbons (Fsp3) is 0.731. The Labute approximate surface area is 230 Å². The van der Waals surface area contributed by atoms with E-state index in [1.807, 2.05) is 57.2 Å². The Morgan fingerprint density at radius 1 is 1.11 bits per heavy atom. The van der Waals surface area contributed by atoms with Crippen LogP contribution in [-0.4, -0.2) is 87.4 Å². The first-order chi connectivity index (χ1) is 17.6. The van der Waals surface area contributed by atoms with Crippen molar-refractivity contribution in [1.29, 1.82) is 0 Å². The monoisotopic (exact) mass is 555 g/mol. The second-order valence-corrected chi connectivity index (χ2v) is 12.2. The Balaban J connectivity index is 2.31. The van der Waals surface area contributed by atoms with Crippen molar-refractivity contribution in [2.75, 3.05) is 33.8 Å². The Kier molecular flexibility index (Phi) is 11.2. The lowest BCUT2D eigenvalue weighted by Gasteiger charge is -2.37. The molecule has 1 atom stereocenters. The van der Waals surface area contributed by atoms with Crippen LogP contribution in [0.4, 0.5) is 4.79 Å². The van der Waals surface area contributed by atoms with Crippen molar-refractivity contribution in [1.82, 2.24) is 23.9 Å². The van der Waals surface area contributed by atoms with Crippen molar-refractivity contribution in [2.45, 2.75) is 97.4 Å². The molecule has 2 heterocycles. The van der Waals surface area contributed by atoms with Crippen LogP contribution in [0, 0.1) is 0 Å². The molecule has 216 valence electrons. The number of aromatic nitrogens is 3. The summed E-state index contributed by atoms with van der Waals surface area (Å²) in [6.45, 7) is 16.9. The molecule has 0 bridgehead atoms. The van der Waals surface area contributed by atoms with E-state index in [1.165, 1.54) is 16.7 Å². The quantitative estimate of drug-likeness (QED) is 0.217. The number of carbonyl (C=O) groups excluding carboxylic acids is 1. The second-order valence-electron chi connectivity index (χ2n) is 11.3. The highest BCUT2D eigenvalue weighted by molar-refractivity contribution is 7.99. The highest BCUT2D eigenvalue weighted by atomic mass is 32.2. The zero-order valence-electron chi connectivity index (χ0n) is 24.7. The van der Waals surface area contributed by atoms with Crippen LogP contribution in [0.5, 0.6) is 0 Å². The van der Waals surface area contributed by atoms with Gasteiger partial charge in [-0.05, 0) is 80.3 Å². The lowest BCUT2D eigenvalue weighted by Crippen LogP contribution is -2.47. The Morgan fingerprint density at radius 3 is 2.32 bits per heavy atom. The normalized spacial score (nSPS) is 13.5. The summed E-state index contributed by atoms with van der Waals surface area (Å²) in [4.78, 5) is 33.4. The van der Waals surface area contributed by atoms with Gasteiger partial charge in [-0.15, -0.1) is 0 Å². The minimum Gasteiger partial charge on any atom is -0.438 e. The molecule has 12 heteroatoms. The van der Waals surface area contributed by atoms with E-state index in [0.717, 1.165) is 0 Å². The van der Waals surface area contributed by atoms with E-state index in [-0.39, 0.29) is 29.9 Å². The van der Waals surface area contributed by atoms with Gasteiger partial charge in [0.25, 0.3) is 5.56 Å². The Bertz CT molecular complexity index is 1120. The van der Waals surface area contributed by atoms with Gasteiger partial charge in [0, 0.05) is 38.0 Å². The van der Waals surface area contributed by atoms with E-state index >= 15 is 0 Å². The molecule has 0 aliphatic rings. The topological polar surface area (TPSA) is 100 Å². The van der Waals surface area contributed by atoms with Crippen molar-refractivity contribution in [2.24, 2.45) is 0 Å². The predicted octanol–water partition coefficient (Wildman–Crippen LogP) is 4.17. The van der Waals surface area contributed by atoms with Gasteiger partial charge in [-0.2, -0.15) is 4.98 Å². The minimum absolute atomic E-state index is 0.0146. The number of amides is 1. The molecule has 2 aromatic rings. The first-order valence-electron chi connectivity index (χ1n) is 12.7. The summed E-state index contributed by atoms with van der Waals surface area (Å²) in [6.07, 6.45) is 0.813. The van der Waals surface area contributed by atoms with Crippen molar-refractivity contribution < 1.29 is 23.7 Å². The number of rotatable bonds is 12. The highest BCUT2D eigenvalue weighted by Crippen LogP contribution is 2.23. The Hall–Kier alpha value is -2.12. The van der Waals surface area contributed by atoms with Gasteiger partial charge in [-0.1, -0.05) is 0 Å². The number of fused-ring (bicyclic) bond motifs is 1. The molecule has 0 saturated heterocycles. The average Bonchev–Trinajstić information content (AvgIpc) is 3.23. The van der Waals surface area contributed by atoms with Gasteiger partial charge in [-0.3, -0.25) is 9.69 Å². The number of hydrogen-bond acceptors (Lipinski definition) is 9. The molecule has 1 unspecified atom stereocenters. The largest absolute Gasteiger partial charge is 0.438 e. The molecule has 1 amide bonds. The molecule has 2 aromatic heterocycles.